The molecule has 0 saturated heterocycles. The molecule has 1 heterocycles. The minimum atomic E-state index is -0.476. The van der Waals surface area contributed by atoms with Gasteiger partial charge in [-0.25, -0.2) is 0 Å². The van der Waals surface area contributed by atoms with Crippen LogP contribution in [0.5, 0.6) is 0 Å². The minimum absolute atomic E-state index is 0.215. The van der Waals surface area contributed by atoms with Gasteiger partial charge in [-0.15, -0.1) is 0 Å². The summed E-state index contributed by atoms with van der Waals surface area (Å²) in [5, 5.41) is 8.49. The maximum Gasteiger partial charge on any atom is 0.311 e. The number of nitrogens with zero attached hydrogens (tertiary/aromatic N) is 1. The lowest BCUT2D eigenvalue weighted by atomic mass is 10.2. The van der Waals surface area contributed by atoms with Gasteiger partial charge in [-0.05, 0) is 12.8 Å². The zero-order valence-electron chi connectivity index (χ0n) is 7.49. The fourth-order valence-electron chi connectivity index (χ4n) is 0.964. The highest BCUT2D eigenvalue weighted by atomic mass is 16.6. The number of ether oxygens (including phenoxy) is 2. The molecule has 0 unspecified atom stereocenters. The molecule has 74 valence electrons. The van der Waals surface area contributed by atoms with Crippen LogP contribution in [0.4, 0.5) is 0 Å². The zero-order valence-corrected chi connectivity index (χ0v) is 7.49. The van der Waals surface area contributed by atoms with Crippen LogP contribution in [0.25, 0.3) is 0 Å². The van der Waals surface area contributed by atoms with Crippen molar-refractivity contribution in [3.05, 3.63) is 12.0 Å². The van der Waals surface area contributed by atoms with Crippen LogP contribution in [-0.2, 0) is 19.1 Å². The van der Waals surface area contributed by atoms with Gasteiger partial charge in [0.25, 0.3) is 0 Å². The molecule has 5 heteroatoms. The van der Waals surface area contributed by atoms with E-state index >= 15 is 0 Å². The van der Waals surface area contributed by atoms with E-state index in [-0.39, 0.29) is 18.6 Å². The van der Waals surface area contributed by atoms with Crippen molar-refractivity contribution in [1.82, 2.24) is 0 Å². The topological polar surface area (TPSA) is 76.4 Å². The van der Waals surface area contributed by atoms with Crippen molar-refractivity contribution in [1.29, 1.82) is 5.26 Å². The van der Waals surface area contributed by atoms with Crippen molar-refractivity contribution >= 4 is 11.9 Å². The Morgan fingerprint density at radius 1 is 1.21 bits per heavy atom. The van der Waals surface area contributed by atoms with E-state index in [0.29, 0.717) is 12.8 Å². The number of carbonyl (C=O) groups is 2. The van der Waals surface area contributed by atoms with Gasteiger partial charge in [0.1, 0.15) is 12.3 Å². The molecule has 0 fully saturated rings. The van der Waals surface area contributed by atoms with Gasteiger partial charge < -0.3 is 9.47 Å². The van der Waals surface area contributed by atoms with Crippen LogP contribution < -0.4 is 0 Å². The van der Waals surface area contributed by atoms with Gasteiger partial charge in [0.15, 0.2) is 0 Å². The van der Waals surface area contributed by atoms with E-state index in [9.17, 15) is 9.59 Å². The first-order chi connectivity index (χ1) is 6.72. The molecule has 0 aromatic rings. The highest BCUT2D eigenvalue weighted by Crippen LogP contribution is 2.08. The maximum atomic E-state index is 11.0. The molecule has 0 aromatic heterocycles. The molecule has 0 spiro atoms. The van der Waals surface area contributed by atoms with Crippen molar-refractivity contribution in [2.45, 2.75) is 25.7 Å². The van der Waals surface area contributed by atoms with Crippen molar-refractivity contribution in [3.63, 3.8) is 0 Å². The van der Waals surface area contributed by atoms with Crippen LogP contribution in [0.3, 0.4) is 0 Å². The quantitative estimate of drug-likeness (QED) is 0.539. The first-order valence-corrected chi connectivity index (χ1v) is 4.23. The number of esters is 2. The van der Waals surface area contributed by atoms with Crippen molar-refractivity contribution in [2.24, 2.45) is 0 Å². The smallest absolute Gasteiger partial charge is 0.311 e. The third-order valence-corrected chi connectivity index (χ3v) is 1.64. The summed E-state index contributed by atoms with van der Waals surface area (Å²) in [7, 11) is 0. The average Bonchev–Trinajstić information content (AvgIpc) is 2.18. The van der Waals surface area contributed by atoms with Gasteiger partial charge in [-0.1, -0.05) is 0 Å². The predicted octanol–water partition coefficient (Wildman–Crippen LogP) is 1.01. The number of allylic oxidation sites excluding steroid dienone is 1. The lowest BCUT2D eigenvalue weighted by molar-refractivity contribution is -0.143. The first-order valence-electron chi connectivity index (χ1n) is 4.23. The first kappa shape index (κ1) is 10.3. The van der Waals surface area contributed by atoms with E-state index < -0.39 is 11.9 Å². The van der Waals surface area contributed by atoms with E-state index in [1.54, 1.807) is 6.07 Å². The fraction of sp³-hybridized carbons (Fsp3) is 0.444. The standard InChI is InChI=1S/C9H9NO4/c10-5-7-6-13-8(11)3-1-2-4-9(12)14-7/h6H,1-4H2/b7-6+. The molecule has 0 saturated carbocycles. The molecule has 14 heavy (non-hydrogen) atoms. The number of hydrogen-bond acceptors (Lipinski definition) is 5. The summed E-state index contributed by atoms with van der Waals surface area (Å²) in [4.78, 5) is 21.9. The van der Waals surface area contributed by atoms with E-state index in [2.05, 4.69) is 9.47 Å². The predicted molar refractivity (Wildman–Crippen MR) is 44.3 cm³/mol. The number of hydrogen-bond donors (Lipinski definition) is 0. The third-order valence-electron chi connectivity index (χ3n) is 1.64. The van der Waals surface area contributed by atoms with Crippen LogP contribution in [0.2, 0.25) is 0 Å². The second-order valence-electron chi connectivity index (χ2n) is 2.76. The van der Waals surface area contributed by atoms with Gasteiger partial charge in [-0.2, -0.15) is 5.26 Å². The van der Waals surface area contributed by atoms with E-state index in [1.807, 2.05) is 0 Å². The summed E-state index contributed by atoms with van der Waals surface area (Å²) in [6.45, 7) is 0. The van der Waals surface area contributed by atoms with E-state index in [1.165, 1.54) is 0 Å². The Kier molecular flexibility index (Phi) is 3.68. The second-order valence-corrected chi connectivity index (χ2v) is 2.76. The third kappa shape index (κ3) is 3.27. The average molecular weight is 195 g/mol. The number of carbonyl (C=O) groups excluding carboxylic acids is 2. The molecule has 0 aromatic carbocycles. The van der Waals surface area contributed by atoms with Gasteiger partial charge in [0.2, 0.25) is 5.76 Å². The monoisotopic (exact) mass is 195 g/mol. The molecule has 0 amide bonds. The molecule has 0 bridgehead atoms. The van der Waals surface area contributed by atoms with Gasteiger partial charge in [0.05, 0.1) is 0 Å². The fourth-order valence-corrected chi connectivity index (χ4v) is 0.964. The van der Waals surface area contributed by atoms with Crippen LogP contribution in [0.15, 0.2) is 12.0 Å². The molecular formula is C9H9NO4. The van der Waals surface area contributed by atoms with Crippen molar-refractivity contribution in [3.8, 4) is 6.07 Å². The van der Waals surface area contributed by atoms with E-state index in [4.69, 9.17) is 5.26 Å². The molecule has 0 N–H and O–H groups in total. The van der Waals surface area contributed by atoms with E-state index in [0.717, 1.165) is 6.26 Å². The molecule has 0 atom stereocenters. The van der Waals surface area contributed by atoms with Crippen LogP contribution in [0, 0.1) is 11.3 Å². The molecule has 0 aliphatic carbocycles. The summed E-state index contributed by atoms with van der Waals surface area (Å²) < 4.78 is 9.18. The summed E-state index contributed by atoms with van der Waals surface area (Å²) in [6, 6.07) is 1.61. The number of cyclic esters (lactones) is 2. The Balaban J connectivity index is 2.69. The Morgan fingerprint density at radius 2 is 1.86 bits per heavy atom. The van der Waals surface area contributed by atoms with Gasteiger partial charge >= 0.3 is 11.9 Å². The molecule has 5 nitrogen and oxygen atoms in total. The maximum absolute atomic E-state index is 11.0. The van der Waals surface area contributed by atoms with Crippen LogP contribution >= 0.6 is 0 Å². The SMILES string of the molecule is N#C/C1=C\OC(=O)CCCCC(=O)O1. The number of nitriles is 1. The van der Waals surface area contributed by atoms with Crippen LogP contribution in [0.1, 0.15) is 25.7 Å². The normalized spacial score (nSPS) is 22.4. The summed E-state index contributed by atoms with van der Waals surface area (Å²) >= 11 is 0. The Labute approximate surface area is 80.9 Å². The van der Waals surface area contributed by atoms with Gasteiger partial charge in [0, 0.05) is 12.8 Å². The highest BCUT2D eigenvalue weighted by molar-refractivity contribution is 5.73. The molecule has 1 aliphatic heterocycles. The Bertz CT molecular complexity index is 313. The molecule has 1 rings (SSSR count). The summed E-state index contributed by atoms with van der Waals surface area (Å²) in [5.74, 6) is -1.18. The van der Waals surface area contributed by atoms with Crippen molar-refractivity contribution in [2.75, 3.05) is 0 Å². The highest BCUT2D eigenvalue weighted by Gasteiger charge is 2.11. The molecular weight excluding hydrogens is 186 g/mol. The van der Waals surface area contributed by atoms with Gasteiger partial charge in [-0.3, -0.25) is 9.59 Å². The van der Waals surface area contributed by atoms with Crippen LogP contribution in [-0.4, -0.2) is 11.9 Å². The zero-order chi connectivity index (χ0) is 10.4. The summed E-state index contributed by atoms with van der Waals surface area (Å²) in [5.41, 5.74) is 0. The number of rotatable bonds is 0. The van der Waals surface area contributed by atoms with Crippen molar-refractivity contribution < 1.29 is 19.1 Å². The second kappa shape index (κ2) is 5.02. The lowest BCUT2D eigenvalue weighted by Crippen LogP contribution is -2.08. The lowest BCUT2D eigenvalue weighted by Gasteiger charge is -2.05. The molecule has 1 aliphatic rings. The minimum Gasteiger partial charge on any atom is -0.430 e. The molecule has 0 radical (unpaired) electrons. The summed E-state index contributed by atoms with van der Waals surface area (Å²) in [6.07, 6.45) is 2.48. The Hall–Kier alpha value is -1.83. The Morgan fingerprint density at radius 3 is 2.50 bits per heavy atom. The largest absolute Gasteiger partial charge is 0.430 e.